The zero-order valence-electron chi connectivity index (χ0n) is 8.20. The Balaban J connectivity index is 1.98. The molecule has 6 nitrogen and oxygen atoms in total. The number of benzene rings is 1. The predicted octanol–water partition coefficient (Wildman–Crippen LogP) is 0.267. The summed E-state index contributed by atoms with van der Waals surface area (Å²) in [5, 5.41) is 11.4. The first kappa shape index (κ1) is 9.02. The number of rotatable bonds is 1. The van der Waals surface area contributed by atoms with E-state index in [0.29, 0.717) is 0 Å². The van der Waals surface area contributed by atoms with Gasteiger partial charge in [0.15, 0.2) is 12.1 Å². The smallest absolute Gasteiger partial charge is 0.256 e. The predicted molar refractivity (Wildman–Crippen MR) is 54.5 cm³/mol. The first-order valence-electron chi connectivity index (χ1n) is 4.87. The monoisotopic (exact) mass is 216 g/mol. The number of hydrogen-bond donors (Lipinski definition) is 1. The summed E-state index contributed by atoms with van der Waals surface area (Å²) in [7, 11) is 0. The summed E-state index contributed by atoms with van der Waals surface area (Å²) in [4.78, 5) is 22.9. The van der Waals surface area contributed by atoms with Crippen molar-refractivity contribution in [3.05, 3.63) is 30.3 Å². The van der Waals surface area contributed by atoms with Crippen LogP contribution in [-0.2, 0) is 9.59 Å². The maximum Gasteiger partial charge on any atom is 0.256 e. The van der Waals surface area contributed by atoms with Crippen molar-refractivity contribution >= 4 is 17.5 Å². The quantitative estimate of drug-likeness (QED) is 0.684. The van der Waals surface area contributed by atoms with Gasteiger partial charge in [0.1, 0.15) is 0 Å². The Morgan fingerprint density at radius 1 is 1.12 bits per heavy atom. The van der Waals surface area contributed by atoms with Crippen molar-refractivity contribution < 1.29 is 9.59 Å². The van der Waals surface area contributed by atoms with Crippen LogP contribution in [-0.4, -0.2) is 23.9 Å². The number of carbonyl (C=O) groups excluding carboxylic acids is 2. The van der Waals surface area contributed by atoms with E-state index in [1.54, 1.807) is 0 Å². The summed E-state index contributed by atoms with van der Waals surface area (Å²) in [6, 6.07) is 7.85. The summed E-state index contributed by atoms with van der Waals surface area (Å²) in [6.45, 7) is 0. The van der Waals surface area contributed by atoms with E-state index < -0.39 is 12.1 Å². The molecule has 0 spiro atoms. The van der Waals surface area contributed by atoms with E-state index >= 15 is 0 Å². The van der Waals surface area contributed by atoms with Crippen LogP contribution in [0.15, 0.2) is 40.7 Å². The molecule has 2 aliphatic heterocycles. The second-order valence-electron chi connectivity index (χ2n) is 3.63. The highest BCUT2D eigenvalue weighted by Gasteiger charge is 2.49. The van der Waals surface area contributed by atoms with Crippen molar-refractivity contribution in [2.24, 2.45) is 10.3 Å². The fraction of sp³-hybridized carbons (Fsp3) is 0.200. The van der Waals surface area contributed by atoms with Gasteiger partial charge in [0.05, 0.1) is 5.69 Å². The highest BCUT2D eigenvalue weighted by atomic mass is 16.2. The molecule has 0 unspecified atom stereocenters. The van der Waals surface area contributed by atoms with Crippen molar-refractivity contribution in [3.8, 4) is 0 Å². The van der Waals surface area contributed by atoms with E-state index in [0.717, 1.165) is 5.69 Å². The minimum atomic E-state index is -0.701. The molecule has 0 radical (unpaired) electrons. The standard InChI is InChI=1S/C10H8N4O2/c15-9-7-8(10(16)11-9)14(13-12-7)6-4-2-1-3-5-6/h1-5,7-8H,(H,11,15,16)/t7-,8-/m1/s1. The summed E-state index contributed by atoms with van der Waals surface area (Å²) >= 11 is 0. The molecule has 2 atom stereocenters. The number of para-hydroxylation sites is 1. The molecule has 0 aromatic heterocycles. The Labute approximate surface area is 90.9 Å². The van der Waals surface area contributed by atoms with Crippen molar-refractivity contribution in [2.45, 2.75) is 12.1 Å². The largest absolute Gasteiger partial charge is 0.292 e. The lowest BCUT2D eigenvalue weighted by Gasteiger charge is -2.17. The van der Waals surface area contributed by atoms with Crippen molar-refractivity contribution in [1.82, 2.24) is 5.32 Å². The lowest BCUT2D eigenvalue weighted by atomic mass is 10.1. The second kappa shape index (κ2) is 3.13. The van der Waals surface area contributed by atoms with Crippen molar-refractivity contribution in [1.29, 1.82) is 0 Å². The summed E-state index contributed by atoms with van der Waals surface area (Å²) in [5.74, 6) is -0.721. The molecule has 1 aromatic rings. The Hall–Kier alpha value is -2.24. The first-order chi connectivity index (χ1) is 7.77. The third kappa shape index (κ3) is 1.13. The van der Waals surface area contributed by atoms with Gasteiger partial charge in [0, 0.05) is 0 Å². The lowest BCUT2D eigenvalue weighted by molar-refractivity contribution is -0.125. The number of anilines is 1. The molecule has 3 rings (SSSR count). The third-order valence-corrected chi connectivity index (χ3v) is 2.64. The highest BCUT2D eigenvalue weighted by molar-refractivity contribution is 6.11. The molecule has 16 heavy (non-hydrogen) atoms. The van der Waals surface area contributed by atoms with Crippen molar-refractivity contribution in [2.75, 3.05) is 5.01 Å². The normalized spacial score (nSPS) is 27.1. The van der Waals surface area contributed by atoms with Crippen LogP contribution in [0.25, 0.3) is 0 Å². The molecule has 1 N–H and O–H groups in total. The molecule has 1 saturated heterocycles. The summed E-state index contributed by atoms with van der Waals surface area (Å²) < 4.78 is 0. The molecule has 2 aliphatic rings. The molecular formula is C10H8N4O2. The van der Waals surface area contributed by atoms with Crippen LogP contribution in [0.4, 0.5) is 5.69 Å². The Morgan fingerprint density at radius 3 is 2.62 bits per heavy atom. The van der Waals surface area contributed by atoms with Gasteiger partial charge in [-0.05, 0) is 12.1 Å². The Kier molecular flexibility index (Phi) is 1.76. The molecule has 2 heterocycles. The minimum Gasteiger partial charge on any atom is -0.292 e. The molecule has 80 valence electrons. The van der Waals surface area contributed by atoms with Crippen LogP contribution in [0.1, 0.15) is 0 Å². The maximum absolute atomic E-state index is 11.6. The summed E-state index contributed by atoms with van der Waals surface area (Å²) in [5.41, 5.74) is 0.753. The minimum absolute atomic E-state index is 0.344. The molecule has 2 amide bonds. The molecule has 1 aromatic carbocycles. The van der Waals surface area contributed by atoms with Crippen LogP contribution < -0.4 is 10.3 Å². The fourth-order valence-corrected chi connectivity index (χ4v) is 1.88. The zero-order chi connectivity index (χ0) is 11.1. The van der Waals surface area contributed by atoms with E-state index in [1.165, 1.54) is 5.01 Å². The van der Waals surface area contributed by atoms with Gasteiger partial charge in [0.2, 0.25) is 0 Å². The topological polar surface area (TPSA) is 74.1 Å². The third-order valence-electron chi connectivity index (χ3n) is 2.64. The number of fused-ring (bicyclic) bond motifs is 1. The van der Waals surface area contributed by atoms with Crippen LogP contribution in [0.5, 0.6) is 0 Å². The number of imide groups is 1. The molecule has 0 saturated carbocycles. The lowest BCUT2D eigenvalue weighted by Crippen LogP contribution is -2.38. The van der Waals surface area contributed by atoms with Gasteiger partial charge in [-0.3, -0.25) is 14.9 Å². The average Bonchev–Trinajstić information content (AvgIpc) is 2.84. The van der Waals surface area contributed by atoms with Gasteiger partial charge < -0.3 is 0 Å². The van der Waals surface area contributed by atoms with Crippen LogP contribution >= 0.6 is 0 Å². The highest BCUT2D eigenvalue weighted by Crippen LogP contribution is 2.28. The fourth-order valence-electron chi connectivity index (χ4n) is 1.88. The van der Waals surface area contributed by atoms with E-state index in [2.05, 4.69) is 15.7 Å². The first-order valence-corrected chi connectivity index (χ1v) is 4.87. The van der Waals surface area contributed by atoms with Crippen LogP contribution in [0.3, 0.4) is 0 Å². The Bertz CT molecular complexity index is 485. The van der Waals surface area contributed by atoms with Gasteiger partial charge in [-0.1, -0.05) is 23.4 Å². The van der Waals surface area contributed by atoms with Crippen molar-refractivity contribution in [3.63, 3.8) is 0 Å². The molecule has 0 aliphatic carbocycles. The number of hydrogen-bond acceptors (Lipinski definition) is 5. The van der Waals surface area contributed by atoms with E-state index in [-0.39, 0.29) is 11.8 Å². The van der Waals surface area contributed by atoms with Gasteiger partial charge in [-0.25, -0.2) is 5.01 Å². The number of nitrogens with zero attached hydrogens (tertiary/aromatic N) is 3. The summed E-state index contributed by atoms with van der Waals surface area (Å²) in [6.07, 6.45) is 0. The molecule has 0 bridgehead atoms. The van der Waals surface area contributed by atoms with E-state index in [9.17, 15) is 9.59 Å². The zero-order valence-corrected chi connectivity index (χ0v) is 8.20. The number of amides is 2. The number of nitrogens with one attached hydrogen (secondary N) is 1. The number of carbonyl (C=O) groups is 2. The van der Waals surface area contributed by atoms with Crippen LogP contribution in [0, 0.1) is 0 Å². The average molecular weight is 216 g/mol. The molecular weight excluding hydrogens is 208 g/mol. The van der Waals surface area contributed by atoms with Gasteiger partial charge in [-0.15, -0.1) is 0 Å². The molecule has 6 heteroatoms. The van der Waals surface area contributed by atoms with Gasteiger partial charge in [0.25, 0.3) is 11.8 Å². The van der Waals surface area contributed by atoms with E-state index in [1.807, 2.05) is 30.3 Å². The second-order valence-corrected chi connectivity index (χ2v) is 3.63. The molecule has 1 fully saturated rings. The van der Waals surface area contributed by atoms with Crippen LogP contribution in [0.2, 0.25) is 0 Å². The van der Waals surface area contributed by atoms with E-state index in [4.69, 9.17) is 0 Å². The van der Waals surface area contributed by atoms with Gasteiger partial charge >= 0.3 is 0 Å². The SMILES string of the molecule is O=C1NC(=O)[C@H]2[C@H]1N=NN2c1ccccc1. The van der Waals surface area contributed by atoms with Gasteiger partial charge in [-0.2, -0.15) is 5.11 Å². The maximum atomic E-state index is 11.6. The Morgan fingerprint density at radius 2 is 1.88 bits per heavy atom.